The Morgan fingerprint density at radius 3 is 2.40 bits per heavy atom. The maximum Gasteiger partial charge on any atom is 0.326 e. The molecule has 1 fully saturated rings. The first kappa shape index (κ1) is 36.4. The molecule has 0 saturated carbocycles. The molecule has 3 atom stereocenters. The third kappa shape index (κ3) is 15.0. The Labute approximate surface area is 255 Å². The molecule has 5 N–H and O–H groups in total. The lowest BCUT2D eigenvalue weighted by Crippen LogP contribution is -2.54. The van der Waals surface area contributed by atoms with Crippen molar-refractivity contribution >= 4 is 43.7 Å². The number of ether oxygens (including phenoxy) is 2. The molecule has 1 aromatic carbocycles. The van der Waals surface area contributed by atoms with E-state index in [-0.39, 0.29) is 50.9 Å². The molecule has 2 rings (SSSR count). The number of carboxylic acids is 2. The molecule has 0 unspecified atom stereocenters. The SMILES string of the molecule is O=C(COCCOCCSS(=O)(=O)O)NCCCC[C@H](N[C@@H](CCc1ccccc1)C(=O)O)C(=O)N1CCC[C@H]1C(=O)O. The molecular weight excluding hydrogens is 606 g/mol. The van der Waals surface area contributed by atoms with Gasteiger partial charge < -0.3 is 29.9 Å². The highest BCUT2D eigenvalue weighted by Gasteiger charge is 2.38. The van der Waals surface area contributed by atoms with Crippen LogP contribution in [0.4, 0.5) is 0 Å². The van der Waals surface area contributed by atoms with Gasteiger partial charge in [-0.25, -0.2) is 4.79 Å². The zero-order valence-corrected chi connectivity index (χ0v) is 25.5. The van der Waals surface area contributed by atoms with Crippen LogP contribution in [0.5, 0.6) is 0 Å². The Kier molecular flexibility index (Phi) is 16.5. The number of aryl methyl sites for hydroxylation is 1. The maximum absolute atomic E-state index is 13.4. The van der Waals surface area contributed by atoms with Crippen LogP contribution in [0.3, 0.4) is 0 Å². The summed E-state index contributed by atoms with van der Waals surface area (Å²) >= 11 is 0. The van der Waals surface area contributed by atoms with Crippen LogP contribution in [0, 0.1) is 0 Å². The van der Waals surface area contributed by atoms with Crippen molar-refractivity contribution in [3.63, 3.8) is 0 Å². The summed E-state index contributed by atoms with van der Waals surface area (Å²) in [6.45, 7) is 0.726. The number of carbonyl (C=O) groups is 4. The van der Waals surface area contributed by atoms with E-state index in [1.165, 1.54) is 4.90 Å². The number of unbranched alkanes of at least 4 members (excludes halogenated alkanes) is 1. The summed E-state index contributed by atoms with van der Waals surface area (Å²) in [5.41, 5.74) is 0.964. The normalized spacial score (nSPS) is 16.5. The molecule has 2 amide bonds. The summed E-state index contributed by atoms with van der Waals surface area (Å²) in [4.78, 5) is 50.5. The van der Waals surface area contributed by atoms with E-state index in [9.17, 15) is 37.8 Å². The second-order valence-electron chi connectivity index (χ2n) is 9.92. The van der Waals surface area contributed by atoms with Crippen molar-refractivity contribution in [2.24, 2.45) is 0 Å². The van der Waals surface area contributed by atoms with E-state index in [1.54, 1.807) is 0 Å². The lowest BCUT2D eigenvalue weighted by Gasteiger charge is -2.29. The summed E-state index contributed by atoms with van der Waals surface area (Å²) in [5.74, 6) is -2.92. The Morgan fingerprint density at radius 2 is 1.72 bits per heavy atom. The molecule has 0 aliphatic carbocycles. The van der Waals surface area contributed by atoms with Crippen molar-refractivity contribution in [1.82, 2.24) is 15.5 Å². The zero-order valence-electron chi connectivity index (χ0n) is 23.9. The monoisotopic (exact) mass is 647 g/mol. The second kappa shape index (κ2) is 19.5. The highest BCUT2D eigenvalue weighted by atomic mass is 33.1. The first-order valence-electron chi connectivity index (χ1n) is 14.1. The van der Waals surface area contributed by atoms with Gasteiger partial charge in [0.25, 0.3) is 0 Å². The lowest BCUT2D eigenvalue weighted by molar-refractivity contribution is -0.149. The fourth-order valence-electron chi connectivity index (χ4n) is 4.58. The number of hydrogen-bond donors (Lipinski definition) is 5. The van der Waals surface area contributed by atoms with Crippen LogP contribution >= 0.6 is 10.8 Å². The molecule has 1 aliphatic heterocycles. The first-order chi connectivity index (χ1) is 20.5. The molecule has 1 aliphatic rings. The molecule has 0 bridgehead atoms. The number of nitrogens with one attached hydrogen (secondary N) is 2. The van der Waals surface area contributed by atoms with Gasteiger partial charge in [-0.2, -0.15) is 8.42 Å². The average molecular weight is 648 g/mol. The van der Waals surface area contributed by atoms with E-state index in [1.807, 2.05) is 30.3 Å². The predicted molar refractivity (Wildman–Crippen MR) is 158 cm³/mol. The Hall–Kier alpha value is -2.76. The van der Waals surface area contributed by atoms with Gasteiger partial charge in [0, 0.05) is 18.8 Å². The Balaban J connectivity index is 1.79. The van der Waals surface area contributed by atoms with Crippen LogP contribution in [-0.4, -0.2) is 115 Å². The fraction of sp³-hybridized carbons (Fsp3) is 0.630. The molecule has 0 spiro atoms. The summed E-state index contributed by atoms with van der Waals surface area (Å²) in [7, 11) is -3.75. The molecule has 0 radical (unpaired) electrons. The van der Waals surface area contributed by atoms with Crippen LogP contribution in [0.2, 0.25) is 0 Å². The summed E-state index contributed by atoms with van der Waals surface area (Å²) in [6, 6.07) is 6.54. The highest BCUT2D eigenvalue weighted by molar-refractivity contribution is 8.69. The first-order valence-corrected chi connectivity index (χ1v) is 17.0. The number of likely N-dealkylation sites (tertiary alicyclic amines) is 1. The van der Waals surface area contributed by atoms with Crippen LogP contribution in [-0.2, 0) is 44.2 Å². The molecular formula is C27H41N3O11S2. The van der Waals surface area contributed by atoms with Crippen LogP contribution in [0.1, 0.15) is 44.1 Å². The van der Waals surface area contributed by atoms with Gasteiger partial charge in [-0.1, -0.05) is 30.3 Å². The van der Waals surface area contributed by atoms with Gasteiger partial charge in [0.15, 0.2) is 0 Å². The van der Waals surface area contributed by atoms with Crippen molar-refractivity contribution < 1.29 is 51.8 Å². The molecule has 1 saturated heterocycles. The molecule has 16 heteroatoms. The highest BCUT2D eigenvalue weighted by Crippen LogP contribution is 2.20. The number of amides is 2. The number of nitrogens with zero attached hydrogens (tertiary/aromatic N) is 1. The van der Waals surface area contributed by atoms with Crippen molar-refractivity contribution in [3.8, 4) is 0 Å². The third-order valence-electron chi connectivity index (χ3n) is 6.69. The number of carboxylic acid groups (broad SMARTS) is 2. The Morgan fingerprint density at radius 1 is 1.00 bits per heavy atom. The molecule has 1 heterocycles. The quantitative estimate of drug-likeness (QED) is 0.0676. The van der Waals surface area contributed by atoms with Gasteiger partial charge in [0.2, 0.25) is 11.8 Å². The minimum atomic E-state index is -4.10. The zero-order chi connectivity index (χ0) is 31.7. The van der Waals surface area contributed by atoms with Crippen molar-refractivity contribution in [1.29, 1.82) is 0 Å². The number of aliphatic carboxylic acids is 2. The largest absolute Gasteiger partial charge is 0.480 e. The summed E-state index contributed by atoms with van der Waals surface area (Å²) in [5, 5.41) is 25.1. The fourth-order valence-corrected chi connectivity index (χ4v) is 5.81. The Bertz CT molecular complexity index is 1140. The van der Waals surface area contributed by atoms with Crippen LogP contribution in [0.15, 0.2) is 30.3 Å². The smallest absolute Gasteiger partial charge is 0.326 e. The molecule has 43 heavy (non-hydrogen) atoms. The topological polar surface area (TPSA) is 209 Å². The number of hydrogen-bond acceptors (Lipinski definition) is 10. The predicted octanol–water partition coefficient (Wildman–Crippen LogP) is 0.962. The van der Waals surface area contributed by atoms with E-state index in [0.29, 0.717) is 56.0 Å². The van der Waals surface area contributed by atoms with E-state index >= 15 is 0 Å². The number of benzene rings is 1. The van der Waals surface area contributed by atoms with Gasteiger partial charge >= 0.3 is 21.1 Å². The van der Waals surface area contributed by atoms with E-state index < -0.39 is 45.1 Å². The van der Waals surface area contributed by atoms with Gasteiger partial charge in [-0.3, -0.25) is 24.3 Å². The second-order valence-corrected chi connectivity index (χ2v) is 13.4. The van der Waals surface area contributed by atoms with Crippen molar-refractivity contribution in [2.45, 2.75) is 63.1 Å². The third-order valence-corrected chi connectivity index (χ3v) is 8.72. The average Bonchev–Trinajstić information content (AvgIpc) is 3.45. The van der Waals surface area contributed by atoms with E-state index in [2.05, 4.69) is 10.6 Å². The summed E-state index contributed by atoms with van der Waals surface area (Å²) in [6.07, 6.45) is 2.86. The minimum Gasteiger partial charge on any atom is -0.480 e. The van der Waals surface area contributed by atoms with Gasteiger partial charge in [0.1, 0.15) is 18.7 Å². The molecule has 14 nitrogen and oxygen atoms in total. The number of rotatable bonds is 22. The van der Waals surface area contributed by atoms with Crippen molar-refractivity contribution in [2.75, 3.05) is 45.3 Å². The van der Waals surface area contributed by atoms with Gasteiger partial charge in [-0.15, -0.1) is 0 Å². The van der Waals surface area contributed by atoms with Crippen molar-refractivity contribution in [3.05, 3.63) is 35.9 Å². The van der Waals surface area contributed by atoms with Crippen LogP contribution in [0.25, 0.3) is 0 Å². The van der Waals surface area contributed by atoms with E-state index in [4.69, 9.17) is 14.0 Å². The lowest BCUT2D eigenvalue weighted by atomic mass is 10.0. The minimum absolute atomic E-state index is 0.0596. The van der Waals surface area contributed by atoms with Gasteiger partial charge in [0.05, 0.1) is 25.9 Å². The van der Waals surface area contributed by atoms with Gasteiger partial charge in [-0.05, 0) is 61.3 Å². The molecule has 242 valence electrons. The summed E-state index contributed by atoms with van der Waals surface area (Å²) < 4.78 is 40.1. The van der Waals surface area contributed by atoms with E-state index in [0.717, 1.165) is 5.56 Å². The number of carbonyl (C=O) groups excluding carboxylic acids is 2. The molecule has 1 aromatic rings. The van der Waals surface area contributed by atoms with Crippen LogP contribution < -0.4 is 10.6 Å². The standard InChI is InChI=1S/C27H41N3O11S2/c31-24(19-41-16-15-40-17-18-42-43(37,38)39)28-13-5-4-9-21(25(32)30-14-6-10-23(30)27(35)36)29-22(26(33)34)12-11-20-7-2-1-3-8-20/h1-3,7-8,21-23,29H,4-6,9-19H2,(H,28,31)(H,33,34)(H,35,36)(H,37,38,39)/t21-,22-,23-/m0/s1. The molecule has 0 aromatic heterocycles. The maximum atomic E-state index is 13.4.